The van der Waals surface area contributed by atoms with Crippen LogP contribution >= 0.6 is 0 Å². The fourth-order valence-electron chi connectivity index (χ4n) is 6.84. The van der Waals surface area contributed by atoms with Crippen LogP contribution in [0.1, 0.15) is 49.3 Å². The van der Waals surface area contributed by atoms with Crippen molar-refractivity contribution >= 4 is 32.7 Å². The summed E-state index contributed by atoms with van der Waals surface area (Å²) in [6.45, 7) is 7.75. The minimum absolute atomic E-state index is 0.00895. The van der Waals surface area contributed by atoms with Crippen LogP contribution in [0, 0.1) is 114 Å². The lowest BCUT2D eigenvalue weighted by Gasteiger charge is -2.34. The van der Waals surface area contributed by atoms with Gasteiger partial charge in [-0.05, 0) is 119 Å². The van der Waals surface area contributed by atoms with E-state index in [1.807, 2.05) is 61.5 Å². The van der Waals surface area contributed by atoms with Crippen LogP contribution in [-0.4, -0.2) is 58.2 Å². The summed E-state index contributed by atoms with van der Waals surface area (Å²) in [4.78, 5) is 9.22. The zero-order valence-corrected chi connectivity index (χ0v) is 34.0. The normalized spacial score (nSPS) is 10.9. The maximum atomic E-state index is 14.1. The molecule has 296 valence electrons. The van der Waals surface area contributed by atoms with Crippen LogP contribution in [-0.2, 0) is 14.9 Å². The first-order chi connectivity index (χ1) is 29.8. The van der Waals surface area contributed by atoms with Crippen molar-refractivity contribution in [3.05, 3.63) is 83.4 Å². The number of aromatic nitrogens is 5. The molecule has 61 heavy (non-hydrogen) atoms. The molecule has 12 nitrogen and oxygen atoms in total. The van der Waals surface area contributed by atoms with Crippen LogP contribution in [0.5, 0.6) is 0 Å². The molecular weight excluding hydrogens is 785 g/mol. The van der Waals surface area contributed by atoms with Crippen LogP contribution in [0.2, 0.25) is 0 Å². The van der Waals surface area contributed by atoms with Crippen molar-refractivity contribution in [3.63, 3.8) is 0 Å². The number of hydrogen-bond acceptors (Lipinski definition) is 9. The molecule has 2 aromatic heterocycles. The minimum atomic E-state index is -4.51. The number of anilines is 3. The third kappa shape index (κ3) is 9.83. The van der Waals surface area contributed by atoms with Crippen molar-refractivity contribution in [2.24, 2.45) is 0 Å². The zero-order valence-electron chi connectivity index (χ0n) is 33.2. The maximum absolute atomic E-state index is 14.1. The van der Waals surface area contributed by atoms with Crippen molar-refractivity contribution in [2.75, 3.05) is 22.9 Å². The molecule has 0 saturated carbocycles. The molecule has 0 amide bonds. The van der Waals surface area contributed by atoms with Gasteiger partial charge in [-0.3, -0.25) is 0 Å². The Kier molecular flexibility index (Phi) is 14.1. The van der Waals surface area contributed by atoms with Gasteiger partial charge in [0.2, 0.25) is 10.7 Å². The Bertz CT molecular complexity index is 3130. The van der Waals surface area contributed by atoms with E-state index in [0.29, 0.717) is 5.69 Å². The Morgan fingerprint density at radius 1 is 0.852 bits per heavy atom. The van der Waals surface area contributed by atoms with Crippen molar-refractivity contribution < 1.29 is 18.6 Å². The van der Waals surface area contributed by atoms with Crippen molar-refractivity contribution in [3.8, 4) is 118 Å². The number of benzene rings is 3. The Balaban J connectivity index is 1.34. The highest BCUT2D eigenvalue weighted by Crippen LogP contribution is 2.48. The molecule has 0 aliphatic heterocycles. The van der Waals surface area contributed by atoms with Gasteiger partial charge in [0.25, 0.3) is 10.0 Å². The average Bonchev–Trinajstić information content (AvgIpc) is 3.97. The second kappa shape index (κ2) is 20.3. The molecule has 0 fully saturated rings. The molecule has 5 aromatic rings. The van der Waals surface area contributed by atoms with E-state index in [4.69, 9.17) is 11.3 Å². The monoisotopic (exact) mass is 818 g/mol. The van der Waals surface area contributed by atoms with E-state index in [1.54, 1.807) is 4.90 Å². The van der Waals surface area contributed by atoms with Gasteiger partial charge < -0.3 is 9.80 Å². The second-order valence-corrected chi connectivity index (χ2v) is 14.5. The summed E-state index contributed by atoms with van der Waals surface area (Å²) in [5, 5.41) is 25.5. The number of tetrazole rings is 1. The molecule has 0 saturated heterocycles. The Hall–Kier alpha value is -8.42. The molecular formula is C48H34N8O4S. The summed E-state index contributed by atoms with van der Waals surface area (Å²) < 4.78 is 31.6. The first kappa shape index (κ1) is 42.2. The first-order valence-electron chi connectivity index (χ1n) is 18.7. The van der Waals surface area contributed by atoms with Gasteiger partial charge in [-0.2, -0.15) is 13.6 Å². The number of H-pyrrole nitrogens is 1. The van der Waals surface area contributed by atoms with Crippen molar-refractivity contribution in [1.82, 2.24) is 30.0 Å². The number of hydrogen-bond donors (Lipinski definition) is 3. The fourth-order valence-corrected chi connectivity index (χ4v) is 7.75. The summed E-state index contributed by atoms with van der Waals surface area (Å²) in [5.41, 5.74) is 6.58. The number of fused-ring (bicyclic) bond motifs is 4. The third-order valence-corrected chi connectivity index (χ3v) is 10.4. The maximum Gasteiger partial charge on any atom is 0.290 e. The van der Waals surface area contributed by atoms with E-state index in [2.05, 4.69) is 157 Å². The smallest absolute Gasteiger partial charge is 0.290 e. The summed E-state index contributed by atoms with van der Waals surface area (Å²) in [5.74, 6) is 38.8. The predicted octanol–water partition coefficient (Wildman–Crippen LogP) is 5.05. The van der Waals surface area contributed by atoms with E-state index in [0.717, 1.165) is 57.6 Å². The Morgan fingerprint density at radius 3 is 1.97 bits per heavy atom. The van der Waals surface area contributed by atoms with Gasteiger partial charge >= 0.3 is 0 Å². The van der Waals surface area contributed by atoms with E-state index in [9.17, 15) is 13.7 Å². The number of nitrogens with zero attached hydrogens (tertiary/aromatic N) is 6. The highest BCUT2D eigenvalue weighted by molar-refractivity contribution is 7.89. The van der Waals surface area contributed by atoms with Crippen molar-refractivity contribution in [1.29, 1.82) is 0 Å². The molecule has 2 heterocycles. The quantitative estimate of drug-likeness (QED) is 0.0519. The molecule has 0 spiro atoms. The lowest BCUT2D eigenvalue weighted by Crippen LogP contribution is -2.36. The van der Waals surface area contributed by atoms with Crippen LogP contribution in [0.25, 0.3) is 16.8 Å². The highest BCUT2D eigenvalue weighted by atomic mass is 32.2. The van der Waals surface area contributed by atoms with Crippen molar-refractivity contribution in [2.45, 2.75) is 50.8 Å². The second-order valence-electron chi connectivity index (χ2n) is 12.9. The van der Waals surface area contributed by atoms with Gasteiger partial charge in [0.15, 0.2) is 6.23 Å². The highest BCUT2D eigenvalue weighted by Gasteiger charge is 2.39. The predicted molar refractivity (Wildman–Crippen MR) is 234 cm³/mol. The fraction of sp³-hybridized carbons (Fsp3) is 0.188. The lowest BCUT2D eigenvalue weighted by molar-refractivity contribution is -0.278. The standard InChI is InChI=1S/C48H34N8O4S/c1-5-8-9-10-11-12-13-14-15-16-17-18-19-20-21-26-33-49-61(58,59)48-46(47-50-52-53-56(47)51-48)55(44-32-31-38(35-37(44)4)54(7-3)34-6-2)45(60-57)36-43-41-29-24-22-27-39(41)40-28-23-25-30-42(40)43/h1,22-25,27-32,35,43,45,49,57H,6-7,34,36H2,2-4H3,(H,50,53). The Morgan fingerprint density at radius 2 is 1.43 bits per heavy atom. The number of aryl methyl sites for hydroxylation is 1. The molecule has 0 bridgehead atoms. The molecule has 1 aliphatic rings. The number of rotatable bonds is 12. The van der Waals surface area contributed by atoms with E-state index in [1.165, 1.54) is 0 Å². The minimum Gasteiger partial charge on any atom is -0.372 e. The van der Waals surface area contributed by atoms with Crippen LogP contribution < -0.4 is 14.5 Å². The average molecular weight is 819 g/mol. The van der Waals surface area contributed by atoms with Gasteiger partial charge in [0, 0.05) is 90.2 Å². The molecule has 3 N–H and O–H groups in total. The SMILES string of the molecule is C#CC#CC#CC#CC#CC#CC#CC#CC#CNS(=O)(=O)c1nn2[nH]nnc2c1N(c1ccc(N(CC)CCC)cc1C)C(CC1c2ccccc2-c2ccccc21)OO. The molecule has 1 aliphatic carbocycles. The van der Waals surface area contributed by atoms with Gasteiger partial charge in [-0.1, -0.05) is 55.5 Å². The van der Waals surface area contributed by atoms with Crippen LogP contribution in [0.3, 0.4) is 0 Å². The topological polar surface area (TPSA) is 141 Å². The summed E-state index contributed by atoms with van der Waals surface area (Å²) in [7, 11) is -4.51. The molecule has 0 radical (unpaired) electrons. The molecule has 13 heteroatoms. The van der Waals surface area contributed by atoms with Gasteiger partial charge in [0.1, 0.15) is 5.69 Å². The first-order valence-corrected chi connectivity index (χ1v) is 20.2. The van der Waals surface area contributed by atoms with E-state index in [-0.39, 0.29) is 23.7 Å². The molecule has 1 atom stereocenters. The third-order valence-electron chi connectivity index (χ3n) is 9.27. The number of aromatic amines is 1. The van der Waals surface area contributed by atoms with Gasteiger partial charge in [0.05, 0.1) is 0 Å². The van der Waals surface area contributed by atoms with Crippen LogP contribution in [0.15, 0.2) is 71.8 Å². The van der Waals surface area contributed by atoms with Gasteiger partial charge in [-0.25, -0.2) is 14.9 Å². The van der Waals surface area contributed by atoms with E-state index < -0.39 is 21.3 Å². The van der Waals surface area contributed by atoms with Crippen LogP contribution in [0.4, 0.5) is 17.1 Å². The Labute approximate surface area is 355 Å². The van der Waals surface area contributed by atoms with Gasteiger partial charge in [-0.15, -0.1) is 21.3 Å². The molecule has 3 aromatic carbocycles. The lowest BCUT2D eigenvalue weighted by atomic mass is 9.92. The summed E-state index contributed by atoms with van der Waals surface area (Å²) >= 11 is 0. The molecule has 6 rings (SSSR count). The van der Waals surface area contributed by atoms with E-state index >= 15 is 0 Å². The summed E-state index contributed by atoms with van der Waals surface area (Å²) in [6, 6.07) is 24.3. The number of sulfonamides is 1. The summed E-state index contributed by atoms with van der Waals surface area (Å²) in [6.07, 6.45) is 4.98. The molecule has 1 unspecified atom stereocenters. The number of nitrogens with one attached hydrogen (secondary N) is 2. The largest absolute Gasteiger partial charge is 0.372 e. The zero-order chi connectivity index (χ0) is 43.0. The number of terminal acetylenes is 1.